The third-order valence-corrected chi connectivity index (χ3v) is 1.47. The Morgan fingerprint density at radius 2 is 2.18 bits per heavy atom. The normalized spacial score (nSPS) is 45.0. The standard InChI is InChI=1S/C5H8O6/c1-5(7-3-9-11-5)4-6-2-8-10-4/h4H,2-3H2,1H3/t4-,5+/m1/s1. The summed E-state index contributed by atoms with van der Waals surface area (Å²) in [5, 5.41) is 0. The van der Waals surface area contributed by atoms with Gasteiger partial charge in [-0.3, -0.25) is 0 Å². The second-order valence-corrected chi connectivity index (χ2v) is 2.31. The smallest absolute Gasteiger partial charge is 0.255 e. The lowest BCUT2D eigenvalue weighted by Crippen LogP contribution is -2.40. The maximum absolute atomic E-state index is 5.05. The minimum absolute atomic E-state index is 0.0692. The lowest BCUT2D eigenvalue weighted by atomic mass is 10.3. The van der Waals surface area contributed by atoms with Gasteiger partial charge in [0, 0.05) is 0 Å². The van der Waals surface area contributed by atoms with Crippen LogP contribution < -0.4 is 0 Å². The van der Waals surface area contributed by atoms with Gasteiger partial charge in [-0.1, -0.05) is 0 Å². The molecule has 11 heavy (non-hydrogen) atoms. The summed E-state index contributed by atoms with van der Waals surface area (Å²) in [6.07, 6.45) is -0.690. The average Bonchev–Trinajstić information content (AvgIpc) is 2.55. The van der Waals surface area contributed by atoms with Crippen LogP contribution in [-0.4, -0.2) is 25.7 Å². The van der Waals surface area contributed by atoms with Gasteiger partial charge in [-0.15, -0.1) is 0 Å². The van der Waals surface area contributed by atoms with Crippen LogP contribution in [-0.2, 0) is 29.0 Å². The summed E-state index contributed by atoms with van der Waals surface area (Å²) in [4.78, 5) is 18.5. The summed E-state index contributed by atoms with van der Waals surface area (Å²) in [7, 11) is 0. The van der Waals surface area contributed by atoms with Gasteiger partial charge < -0.3 is 9.47 Å². The average molecular weight is 164 g/mol. The Balaban J connectivity index is 2.00. The van der Waals surface area contributed by atoms with Gasteiger partial charge in [0.05, 0.1) is 0 Å². The topological polar surface area (TPSA) is 55.4 Å². The molecule has 0 amide bonds. The number of rotatable bonds is 1. The molecule has 6 heteroatoms. The molecular weight excluding hydrogens is 156 g/mol. The van der Waals surface area contributed by atoms with Crippen LogP contribution >= 0.6 is 0 Å². The quantitative estimate of drug-likeness (QED) is 0.504. The van der Waals surface area contributed by atoms with E-state index in [0.717, 1.165) is 0 Å². The van der Waals surface area contributed by atoms with E-state index in [-0.39, 0.29) is 13.6 Å². The summed E-state index contributed by atoms with van der Waals surface area (Å²) in [6, 6.07) is 0. The van der Waals surface area contributed by atoms with E-state index >= 15 is 0 Å². The minimum atomic E-state index is -1.02. The second kappa shape index (κ2) is 2.67. The number of ether oxygens (including phenoxy) is 2. The molecule has 2 atom stereocenters. The molecule has 0 unspecified atom stereocenters. The molecule has 2 fully saturated rings. The predicted octanol–water partition coefficient (Wildman–Crippen LogP) is -0.0995. The van der Waals surface area contributed by atoms with E-state index in [2.05, 4.69) is 14.7 Å². The molecule has 0 bridgehead atoms. The van der Waals surface area contributed by atoms with Gasteiger partial charge in [0.2, 0.25) is 0 Å². The Morgan fingerprint density at radius 3 is 2.73 bits per heavy atom. The third-order valence-electron chi connectivity index (χ3n) is 1.47. The van der Waals surface area contributed by atoms with E-state index in [1.54, 1.807) is 6.92 Å². The summed E-state index contributed by atoms with van der Waals surface area (Å²) in [6.45, 7) is 1.78. The van der Waals surface area contributed by atoms with Gasteiger partial charge in [-0.2, -0.15) is 9.78 Å². The molecule has 0 radical (unpaired) electrons. The van der Waals surface area contributed by atoms with Gasteiger partial charge in [0.25, 0.3) is 12.1 Å². The maximum atomic E-state index is 5.05. The van der Waals surface area contributed by atoms with Crippen molar-refractivity contribution in [2.75, 3.05) is 13.6 Å². The van der Waals surface area contributed by atoms with Gasteiger partial charge in [0.1, 0.15) is 0 Å². The zero-order valence-corrected chi connectivity index (χ0v) is 5.94. The van der Waals surface area contributed by atoms with Crippen LogP contribution in [0.4, 0.5) is 0 Å². The van der Waals surface area contributed by atoms with Crippen molar-refractivity contribution in [1.29, 1.82) is 0 Å². The Labute approximate surface area is 62.7 Å². The minimum Gasteiger partial charge on any atom is -0.315 e. The largest absolute Gasteiger partial charge is 0.315 e. The molecule has 2 aliphatic heterocycles. The Hall–Kier alpha value is -0.240. The molecule has 0 N–H and O–H groups in total. The third kappa shape index (κ3) is 1.24. The van der Waals surface area contributed by atoms with Crippen molar-refractivity contribution in [2.24, 2.45) is 0 Å². The Morgan fingerprint density at radius 1 is 1.27 bits per heavy atom. The first-order valence-corrected chi connectivity index (χ1v) is 3.16. The van der Waals surface area contributed by atoms with Crippen molar-refractivity contribution in [3.8, 4) is 0 Å². The van der Waals surface area contributed by atoms with E-state index in [9.17, 15) is 0 Å². The molecule has 0 spiro atoms. The number of hydrogen-bond donors (Lipinski definition) is 0. The SMILES string of the molecule is C[C@]1([C@@H]2OCOO2)OCOO1. The van der Waals surface area contributed by atoms with Crippen LogP contribution in [0.2, 0.25) is 0 Å². The number of hydrogen-bond acceptors (Lipinski definition) is 6. The molecular formula is C5H8O6. The van der Waals surface area contributed by atoms with Crippen molar-refractivity contribution in [3.05, 3.63) is 0 Å². The molecule has 2 rings (SSSR count). The van der Waals surface area contributed by atoms with Crippen molar-refractivity contribution < 1.29 is 29.0 Å². The molecule has 2 aliphatic rings. The van der Waals surface area contributed by atoms with E-state index in [0.29, 0.717) is 0 Å². The molecule has 0 aromatic heterocycles. The van der Waals surface area contributed by atoms with Crippen LogP contribution in [0.25, 0.3) is 0 Å². The molecule has 2 heterocycles. The van der Waals surface area contributed by atoms with Crippen LogP contribution in [0.1, 0.15) is 6.92 Å². The highest BCUT2D eigenvalue weighted by Gasteiger charge is 2.47. The van der Waals surface area contributed by atoms with Crippen LogP contribution in [0.15, 0.2) is 0 Å². The first-order chi connectivity index (χ1) is 5.31. The molecule has 0 aromatic carbocycles. The highest BCUT2D eigenvalue weighted by Crippen LogP contribution is 2.28. The van der Waals surface area contributed by atoms with Crippen molar-refractivity contribution in [2.45, 2.75) is 19.0 Å². The predicted molar refractivity (Wildman–Crippen MR) is 28.4 cm³/mol. The Kier molecular flexibility index (Phi) is 1.80. The van der Waals surface area contributed by atoms with Gasteiger partial charge in [-0.05, 0) is 6.92 Å². The molecule has 0 saturated carbocycles. The van der Waals surface area contributed by atoms with E-state index in [1.807, 2.05) is 0 Å². The summed E-state index contributed by atoms with van der Waals surface area (Å²) < 4.78 is 10.0. The van der Waals surface area contributed by atoms with E-state index < -0.39 is 12.1 Å². The second-order valence-electron chi connectivity index (χ2n) is 2.31. The van der Waals surface area contributed by atoms with Crippen LogP contribution in [0, 0.1) is 0 Å². The Bertz CT molecular complexity index is 136. The zero-order valence-electron chi connectivity index (χ0n) is 5.94. The highest BCUT2D eigenvalue weighted by atomic mass is 17.3. The van der Waals surface area contributed by atoms with E-state index in [4.69, 9.17) is 14.4 Å². The fourth-order valence-corrected chi connectivity index (χ4v) is 0.859. The van der Waals surface area contributed by atoms with Gasteiger partial charge in [-0.25, -0.2) is 9.78 Å². The van der Waals surface area contributed by atoms with Crippen LogP contribution in [0.3, 0.4) is 0 Å². The van der Waals surface area contributed by atoms with Crippen molar-refractivity contribution in [3.63, 3.8) is 0 Å². The highest BCUT2D eigenvalue weighted by molar-refractivity contribution is 4.67. The molecule has 0 aromatic rings. The maximum Gasteiger partial charge on any atom is 0.255 e. The fraction of sp³-hybridized carbons (Fsp3) is 1.00. The van der Waals surface area contributed by atoms with Crippen molar-refractivity contribution in [1.82, 2.24) is 0 Å². The van der Waals surface area contributed by atoms with Crippen molar-refractivity contribution >= 4 is 0 Å². The zero-order chi connectivity index (χ0) is 7.73. The van der Waals surface area contributed by atoms with Gasteiger partial charge in [0.15, 0.2) is 13.6 Å². The first-order valence-electron chi connectivity index (χ1n) is 3.16. The molecule has 0 aliphatic carbocycles. The molecule has 6 nitrogen and oxygen atoms in total. The summed E-state index contributed by atoms with van der Waals surface area (Å²) >= 11 is 0. The van der Waals surface area contributed by atoms with E-state index in [1.165, 1.54) is 0 Å². The fourth-order valence-electron chi connectivity index (χ4n) is 0.859. The summed E-state index contributed by atoms with van der Waals surface area (Å²) in [5.74, 6) is -1.02. The molecule has 64 valence electrons. The lowest BCUT2D eigenvalue weighted by molar-refractivity contribution is -0.395. The lowest BCUT2D eigenvalue weighted by Gasteiger charge is -2.21. The molecule has 2 saturated heterocycles. The summed E-state index contributed by atoms with van der Waals surface area (Å²) in [5.41, 5.74) is 0. The van der Waals surface area contributed by atoms with Gasteiger partial charge >= 0.3 is 0 Å². The first kappa shape index (κ1) is 7.41. The monoisotopic (exact) mass is 164 g/mol. The van der Waals surface area contributed by atoms with Crippen LogP contribution in [0.5, 0.6) is 0 Å².